The van der Waals surface area contributed by atoms with Gasteiger partial charge in [0.15, 0.2) is 0 Å². The van der Waals surface area contributed by atoms with Crippen LogP contribution in [0.25, 0.3) is 5.57 Å². The second-order valence-electron chi connectivity index (χ2n) is 4.70. The Morgan fingerprint density at radius 3 is 2.56 bits per heavy atom. The van der Waals surface area contributed by atoms with Crippen LogP contribution in [0.1, 0.15) is 40.2 Å². The third-order valence-electron chi connectivity index (χ3n) is 3.40. The van der Waals surface area contributed by atoms with Crippen molar-refractivity contribution in [1.29, 1.82) is 0 Å². The molecule has 25 heavy (non-hydrogen) atoms. The van der Waals surface area contributed by atoms with Gasteiger partial charge in [-0.25, -0.2) is 14.8 Å². The van der Waals surface area contributed by atoms with Gasteiger partial charge in [0.05, 0.1) is 18.5 Å². The van der Waals surface area contributed by atoms with Gasteiger partial charge in [0.2, 0.25) is 5.28 Å². The molecule has 1 unspecified atom stereocenters. The van der Waals surface area contributed by atoms with Crippen molar-refractivity contribution in [2.45, 2.75) is 12.8 Å². The molecule has 2 aromatic heterocycles. The third kappa shape index (κ3) is 4.30. The number of nitrogens with zero attached hydrogens (tertiary/aromatic N) is 3. The molecular weight excluding hydrogens is 366 g/mol. The number of hydrogen-bond donors (Lipinski definition) is 0. The molecule has 0 aromatic carbocycles. The second-order valence-corrected chi connectivity index (χ2v) is 5.04. The van der Waals surface area contributed by atoms with Crippen LogP contribution in [0.3, 0.4) is 0 Å². The van der Waals surface area contributed by atoms with Crippen LogP contribution in [0.2, 0.25) is 5.28 Å². The molecule has 0 N–H and O–H groups in total. The molecule has 1 aliphatic rings. The van der Waals surface area contributed by atoms with E-state index >= 15 is 0 Å². The van der Waals surface area contributed by atoms with Crippen LogP contribution in [-0.4, -0.2) is 28.0 Å². The minimum atomic E-state index is -0.493. The monoisotopic (exact) mass is 377 g/mol. The van der Waals surface area contributed by atoms with E-state index in [0.717, 1.165) is 16.8 Å². The Balaban J connectivity index is 0.000000730. The number of rotatable bonds is 2. The molecule has 0 aliphatic heterocycles. The standard InChI is InChI=1S/C15H12ClN3O2.2F2/c1-8-6-10(9-4-3-5-17-12(8)9)13-11(14(20)21-2)7-18-15(16)19-13;2*1-2/h3-8H,1-2H3;;. The van der Waals surface area contributed by atoms with E-state index in [9.17, 15) is 4.79 Å². The van der Waals surface area contributed by atoms with Crippen LogP contribution in [0.5, 0.6) is 0 Å². The summed E-state index contributed by atoms with van der Waals surface area (Å²) in [5.74, 6) is -0.344. The molecule has 0 saturated heterocycles. The number of esters is 1. The fraction of sp³-hybridized carbons (Fsp3) is 0.200. The van der Waals surface area contributed by atoms with Gasteiger partial charge in [-0.05, 0) is 17.7 Å². The molecule has 3 rings (SSSR count). The van der Waals surface area contributed by atoms with Gasteiger partial charge in [0.1, 0.15) is 5.56 Å². The predicted molar refractivity (Wildman–Crippen MR) is 82.5 cm³/mol. The number of carbonyl (C=O) groups is 1. The average Bonchev–Trinajstić information content (AvgIpc) is 3.01. The number of pyridine rings is 1. The number of ether oxygens (including phenoxy) is 1. The molecule has 0 spiro atoms. The summed E-state index contributed by atoms with van der Waals surface area (Å²) in [6.07, 6.45) is 5.15. The Labute approximate surface area is 145 Å². The minimum absolute atomic E-state index is 0.0866. The zero-order chi connectivity index (χ0) is 19.0. The van der Waals surface area contributed by atoms with Crippen molar-refractivity contribution in [3.05, 3.63) is 58.4 Å². The Bertz CT molecular complexity index is 774. The van der Waals surface area contributed by atoms with Gasteiger partial charge in [0, 0.05) is 47.7 Å². The molecule has 1 aliphatic carbocycles. The number of halogens is 5. The van der Waals surface area contributed by atoms with E-state index in [-0.39, 0.29) is 16.8 Å². The van der Waals surface area contributed by atoms with Gasteiger partial charge in [-0.3, -0.25) is 4.98 Å². The Hall–Kier alpha value is -2.55. The molecule has 0 radical (unpaired) electrons. The highest BCUT2D eigenvalue weighted by atomic mass is 35.5. The summed E-state index contributed by atoms with van der Waals surface area (Å²) >= 11 is 5.89. The molecule has 0 fully saturated rings. The summed E-state index contributed by atoms with van der Waals surface area (Å²) in [6, 6.07) is 3.81. The van der Waals surface area contributed by atoms with E-state index in [2.05, 4.69) is 15.0 Å². The highest BCUT2D eigenvalue weighted by molar-refractivity contribution is 6.28. The SMILES string of the molecule is COC(=O)c1cnc(Cl)nc1C1=CC(C)c2ncccc21.FF.FF. The van der Waals surface area contributed by atoms with E-state index < -0.39 is 5.97 Å². The van der Waals surface area contributed by atoms with Crippen LogP contribution in [0.15, 0.2) is 30.6 Å². The molecular formula is C15H12ClF4N3O2. The van der Waals surface area contributed by atoms with Gasteiger partial charge in [0.25, 0.3) is 0 Å². The average molecular weight is 378 g/mol. The smallest absolute Gasteiger partial charge is 0.341 e. The maximum absolute atomic E-state index is 11.9. The number of fused-ring (bicyclic) bond motifs is 1. The zero-order valence-electron chi connectivity index (χ0n) is 13.0. The van der Waals surface area contributed by atoms with E-state index in [1.807, 2.05) is 25.1 Å². The predicted octanol–water partition coefficient (Wildman–Crippen LogP) is 4.54. The lowest BCUT2D eigenvalue weighted by Crippen LogP contribution is -2.09. The maximum Gasteiger partial charge on any atom is 0.341 e. The van der Waals surface area contributed by atoms with Crippen LogP contribution in [-0.2, 0) is 4.74 Å². The Kier molecular flexibility index (Phi) is 7.93. The molecule has 10 heteroatoms. The first kappa shape index (κ1) is 20.5. The normalized spacial score (nSPS) is 14.2. The van der Waals surface area contributed by atoms with Crippen LogP contribution >= 0.6 is 11.6 Å². The molecule has 134 valence electrons. The summed E-state index contributed by atoms with van der Waals surface area (Å²) in [4.78, 5) is 24.4. The highest BCUT2D eigenvalue weighted by Crippen LogP contribution is 2.38. The van der Waals surface area contributed by atoms with Crippen molar-refractivity contribution in [3.8, 4) is 0 Å². The Morgan fingerprint density at radius 2 is 1.92 bits per heavy atom. The lowest BCUT2D eigenvalue weighted by molar-refractivity contribution is 0.0599. The van der Waals surface area contributed by atoms with Gasteiger partial charge >= 0.3 is 5.97 Å². The topological polar surface area (TPSA) is 65.0 Å². The Morgan fingerprint density at radius 1 is 1.24 bits per heavy atom. The molecule has 0 amide bonds. The van der Waals surface area contributed by atoms with Crippen LogP contribution < -0.4 is 0 Å². The summed E-state index contributed by atoms with van der Waals surface area (Å²) in [6.45, 7) is 2.04. The van der Waals surface area contributed by atoms with Crippen molar-refractivity contribution in [1.82, 2.24) is 15.0 Å². The summed E-state index contributed by atoms with van der Waals surface area (Å²) in [7, 11) is 1.32. The molecule has 2 heterocycles. The molecule has 0 saturated carbocycles. The zero-order valence-corrected chi connectivity index (χ0v) is 13.8. The van der Waals surface area contributed by atoms with Crippen LogP contribution in [0, 0.1) is 0 Å². The third-order valence-corrected chi connectivity index (χ3v) is 3.58. The molecule has 0 bridgehead atoms. The number of hydrogen-bond acceptors (Lipinski definition) is 5. The van der Waals surface area contributed by atoms with E-state index in [1.54, 1.807) is 6.20 Å². The van der Waals surface area contributed by atoms with Crippen molar-refractivity contribution < 1.29 is 27.8 Å². The van der Waals surface area contributed by atoms with Crippen LogP contribution in [0.4, 0.5) is 18.3 Å². The number of allylic oxidation sites excluding steroid dienone is 1. The van der Waals surface area contributed by atoms with Crippen molar-refractivity contribution in [3.63, 3.8) is 0 Å². The second kappa shape index (κ2) is 9.67. The largest absolute Gasteiger partial charge is 0.465 e. The fourth-order valence-electron chi connectivity index (χ4n) is 2.46. The lowest BCUT2D eigenvalue weighted by Gasteiger charge is -2.09. The molecule has 5 nitrogen and oxygen atoms in total. The summed E-state index contributed by atoms with van der Waals surface area (Å²) < 4.78 is 36.8. The van der Waals surface area contributed by atoms with E-state index in [1.165, 1.54) is 13.3 Å². The minimum Gasteiger partial charge on any atom is -0.465 e. The quantitative estimate of drug-likeness (QED) is 0.436. The molecule has 2 aromatic rings. The number of methoxy groups -OCH3 is 1. The molecule has 1 atom stereocenters. The first-order chi connectivity index (χ1) is 12.1. The first-order valence-electron chi connectivity index (χ1n) is 6.68. The van der Waals surface area contributed by atoms with Gasteiger partial charge in [-0.15, -0.1) is 0 Å². The summed E-state index contributed by atoms with van der Waals surface area (Å²) in [5, 5.41) is 0.0866. The van der Waals surface area contributed by atoms with Gasteiger partial charge in [-0.2, -0.15) is 0 Å². The number of carbonyl (C=O) groups excluding carboxylic acids is 1. The maximum atomic E-state index is 11.9. The van der Waals surface area contributed by atoms with E-state index in [0.29, 0.717) is 5.69 Å². The summed E-state index contributed by atoms with van der Waals surface area (Å²) in [5.41, 5.74) is 3.50. The van der Waals surface area contributed by atoms with Crippen molar-refractivity contribution in [2.24, 2.45) is 0 Å². The van der Waals surface area contributed by atoms with E-state index in [4.69, 9.17) is 34.6 Å². The highest BCUT2D eigenvalue weighted by Gasteiger charge is 2.27. The van der Waals surface area contributed by atoms with Crippen molar-refractivity contribution in [2.75, 3.05) is 7.11 Å². The lowest BCUT2D eigenvalue weighted by atomic mass is 10.0. The van der Waals surface area contributed by atoms with Crippen molar-refractivity contribution >= 4 is 23.1 Å². The fourth-order valence-corrected chi connectivity index (χ4v) is 2.59. The number of aromatic nitrogens is 3. The van der Waals surface area contributed by atoms with Gasteiger partial charge < -0.3 is 4.74 Å². The first-order valence-corrected chi connectivity index (χ1v) is 7.06. The van der Waals surface area contributed by atoms with Gasteiger partial charge in [-0.1, -0.05) is 19.1 Å².